The molecule has 0 aliphatic carbocycles. The van der Waals surface area contributed by atoms with Gasteiger partial charge in [-0.15, -0.1) is 0 Å². The van der Waals surface area contributed by atoms with Crippen LogP contribution in [0.5, 0.6) is 0 Å². The second-order valence-corrected chi connectivity index (χ2v) is 15.4. The fourth-order valence-corrected chi connectivity index (χ4v) is 6.23. The Hall–Kier alpha value is -3.41. The smallest absolute Gasteiger partial charge is 0.306 e. The van der Waals surface area contributed by atoms with Crippen molar-refractivity contribution in [2.45, 2.75) is 213 Å². The quantitative estimate of drug-likeness (QED) is 0.0201. The van der Waals surface area contributed by atoms with Crippen molar-refractivity contribution >= 4 is 17.9 Å². The summed E-state index contributed by atoms with van der Waals surface area (Å²) in [5.41, 5.74) is 0. The van der Waals surface area contributed by atoms with Gasteiger partial charge in [-0.25, -0.2) is 0 Å². The lowest BCUT2D eigenvalue weighted by atomic mass is 10.1. The molecule has 0 heterocycles. The van der Waals surface area contributed by atoms with Gasteiger partial charge in [-0.05, 0) is 70.6 Å². The average Bonchev–Trinajstić information content (AvgIpc) is 3.22. The van der Waals surface area contributed by atoms with E-state index in [1.807, 2.05) is 24.3 Å². The van der Waals surface area contributed by atoms with Gasteiger partial charge >= 0.3 is 17.9 Å². The van der Waals surface area contributed by atoms with Crippen LogP contribution >= 0.6 is 0 Å². The van der Waals surface area contributed by atoms with Gasteiger partial charge in [0.15, 0.2) is 6.10 Å². The lowest BCUT2D eigenvalue weighted by molar-refractivity contribution is -0.167. The van der Waals surface area contributed by atoms with Crippen molar-refractivity contribution in [2.75, 3.05) is 13.2 Å². The summed E-state index contributed by atoms with van der Waals surface area (Å²) in [6.07, 6.45) is 58.5. The maximum absolute atomic E-state index is 12.7. The third kappa shape index (κ3) is 43.7. The molecule has 0 saturated heterocycles. The summed E-state index contributed by atoms with van der Waals surface area (Å²) in [6, 6.07) is 0. The van der Waals surface area contributed by atoms with Crippen LogP contribution in [0, 0.1) is 0 Å². The molecule has 0 spiro atoms. The number of hydrogen-bond donors (Lipinski definition) is 0. The second-order valence-electron chi connectivity index (χ2n) is 15.4. The predicted molar refractivity (Wildman–Crippen MR) is 247 cm³/mol. The van der Waals surface area contributed by atoms with E-state index in [4.69, 9.17) is 14.2 Å². The first-order valence-corrected chi connectivity index (χ1v) is 23.6. The van der Waals surface area contributed by atoms with Crippen LogP contribution in [0.25, 0.3) is 0 Å². The Morgan fingerprint density at radius 3 is 1.26 bits per heavy atom. The highest BCUT2D eigenvalue weighted by Crippen LogP contribution is 2.14. The molecule has 0 rings (SSSR count). The Morgan fingerprint density at radius 2 is 0.759 bits per heavy atom. The normalized spacial score (nSPS) is 12.8. The minimum absolute atomic E-state index is 0.0906. The van der Waals surface area contributed by atoms with Gasteiger partial charge in [0.25, 0.3) is 0 Å². The summed E-state index contributed by atoms with van der Waals surface area (Å²) in [7, 11) is 0. The van der Waals surface area contributed by atoms with Crippen molar-refractivity contribution in [3.8, 4) is 0 Å². The second kappa shape index (κ2) is 46.3. The first-order chi connectivity index (χ1) is 28.5. The molecule has 1 atom stereocenters. The zero-order chi connectivity index (χ0) is 42.3. The molecule has 0 aliphatic rings. The van der Waals surface area contributed by atoms with E-state index in [2.05, 4.69) is 81.5 Å². The fourth-order valence-electron chi connectivity index (χ4n) is 6.23. The van der Waals surface area contributed by atoms with Crippen LogP contribution in [0.1, 0.15) is 207 Å². The van der Waals surface area contributed by atoms with E-state index in [0.717, 1.165) is 109 Å². The van der Waals surface area contributed by atoms with Crippen molar-refractivity contribution in [2.24, 2.45) is 0 Å². The van der Waals surface area contributed by atoms with Gasteiger partial charge in [-0.3, -0.25) is 14.4 Å². The van der Waals surface area contributed by atoms with E-state index in [1.165, 1.54) is 57.8 Å². The third-order valence-electron chi connectivity index (χ3n) is 9.74. The van der Waals surface area contributed by atoms with Crippen LogP contribution in [0.2, 0.25) is 0 Å². The zero-order valence-corrected chi connectivity index (χ0v) is 37.5. The molecule has 0 aromatic heterocycles. The zero-order valence-electron chi connectivity index (χ0n) is 37.5. The standard InChI is InChI=1S/C52H86O6/c1-4-7-10-13-16-19-21-23-25-27-28-30-33-36-39-42-45-51(54)57-48-49(47-56-50(53)44-41-38-35-32-18-15-12-9-6-3)58-52(55)46-43-40-37-34-31-29-26-24-22-20-17-14-11-8-5-2/h7-8,10-11,14,16-17,19-20,22-26,49H,4-6,9,12-13,15,18,21,27-48H2,1-3H3/b10-7-,11-8-,17-14-,19-16-,22-20-,25-23-,26-24-. The van der Waals surface area contributed by atoms with Crippen molar-refractivity contribution in [1.82, 2.24) is 0 Å². The van der Waals surface area contributed by atoms with Gasteiger partial charge in [-0.1, -0.05) is 202 Å². The lowest BCUT2D eigenvalue weighted by Crippen LogP contribution is -2.30. The molecule has 0 radical (unpaired) electrons. The Bertz CT molecular complexity index is 1160. The molecule has 330 valence electrons. The number of esters is 3. The highest BCUT2D eigenvalue weighted by Gasteiger charge is 2.19. The molecule has 58 heavy (non-hydrogen) atoms. The first-order valence-electron chi connectivity index (χ1n) is 23.6. The number of allylic oxidation sites excluding steroid dienone is 14. The molecular weight excluding hydrogens is 721 g/mol. The molecule has 0 aromatic rings. The molecule has 0 fully saturated rings. The minimum Gasteiger partial charge on any atom is -0.462 e. The number of unbranched alkanes of at least 4 members (excludes halogenated alkanes) is 19. The van der Waals surface area contributed by atoms with E-state index in [-0.39, 0.29) is 31.1 Å². The average molecular weight is 807 g/mol. The third-order valence-corrected chi connectivity index (χ3v) is 9.74. The fraction of sp³-hybridized carbons (Fsp3) is 0.673. The summed E-state index contributed by atoms with van der Waals surface area (Å²) in [5, 5.41) is 0. The first kappa shape index (κ1) is 54.6. The van der Waals surface area contributed by atoms with E-state index in [9.17, 15) is 14.4 Å². The summed E-state index contributed by atoms with van der Waals surface area (Å²) in [4.78, 5) is 37.8. The molecule has 0 bridgehead atoms. The Labute approximate surface area is 356 Å². The van der Waals surface area contributed by atoms with Crippen molar-refractivity contribution in [3.63, 3.8) is 0 Å². The monoisotopic (exact) mass is 807 g/mol. The van der Waals surface area contributed by atoms with E-state index >= 15 is 0 Å². The van der Waals surface area contributed by atoms with Crippen LogP contribution in [-0.2, 0) is 28.6 Å². The maximum Gasteiger partial charge on any atom is 0.306 e. The van der Waals surface area contributed by atoms with Crippen LogP contribution in [0.15, 0.2) is 85.1 Å². The molecule has 6 heteroatoms. The number of carbonyl (C=O) groups is 3. The van der Waals surface area contributed by atoms with Crippen LogP contribution in [-0.4, -0.2) is 37.2 Å². The molecule has 0 amide bonds. The number of carbonyl (C=O) groups excluding carboxylic acids is 3. The summed E-state index contributed by atoms with van der Waals surface area (Å²) >= 11 is 0. The molecule has 0 saturated carbocycles. The molecular formula is C52H86O6. The molecule has 0 aromatic carbocycles. The van der Waals surface area contributed by atoms with E-state index in [0.29, 0.717) is 19.3 Å². The van der Waals surface area contributed by atoms with Gasteiger partial charge in [-0.2, -0.15) is 0 Å². The molecule has 1 unspecified atom stereocenters. The highest BCUT2D eigenvalue weighted by molar-refractivity contribution is 5.71. The highest BCUT2D eigenvalue weighted by atomic mass is 16.6. The van der Waals surface area contributed by atoms with Gasteiger partial charge in [0.2, 0.25) is 0 Å². The Balaban J connectivity index is 4.42. The summed E-state index contributed by atoms with van der Waals surface area (Å²) in [5.74, 6) is -0.935. The molecule has 0 aliphatic heterocycles. The van der Waals surface area contributed by atoms with E-state index in [1.54, 1.807) is 0 Å². The summed E-state index contributed by atoms with van der Waals surface area (Å²) in [6.45, 7) is 6.32. The van der Waals surface area contributed by atoms with Crippen molar-refractivity contribution in [1.29, 1.82) is 0 Å². The Kier molecular flexibility index (Phi) is 43.6. The Morgan fingerprint density at radius 1 is 0.379 bits per heavy atom. The lowest BCUT2D eigenvalue weighted by Gasteiger charge is -2.18. The number of rotatable bonds is 41. The largest absolute Gasteiger partial charge is 0.462 e. The van der Waals surface area contributed by atoms with E-state index < -0.39 is 6.10 Å². The summed E-state index contributed by atoms with van der Waals surface area (Å²) < 4.78 is 16.7. The SMILES string of the molecule is CC\C=C/C=C\C=C/C=C\CCCCCCCC(=O)OC(COC(=O)CCCCCCCC/C=C\C/C=C\C/C=C\CC)COC(=O)CCCCCCCCCCC. The van der Waals surface area contributed by atoms with Gasteiger partial charge < -0.3 is 14.2 Å². The maximum atomic E-state index is 12.7. The van der Waals surface area contributed by atoms with Gasteiger partial charge in [0.1, 0.15) is 13.2 Å². The van der Waals surface area contributed by atoms with Crippen LogP contribution in [0.3, 0.4) is 0 Å². The van der Waals surface area contributed by atoms with Crippen molar-refractivity contribution < 1.29 is 28.6 Å². The minimum atomic E-state index is -0.791. The number of ether oxygens (including phenoxy) is 3. The van der Waals surface area contributed by atoms with Gasteiger partial charge in [0.05, 0.1) is 0 Å². The van der Waals surface area contributed by atoms with Gasteiger partial charge in [0, 0.05) is 19.3 Å². The van der Waals surface area contributed by atoms with Crippen molar-refractivity contribution in [3.05, 3.63) is 85.1 Å². The number of hydrogen-bond acceptors (Lipinski definition) is 6. The molecule has 6 nitrogen and oxygen atoms in total. The topological polar surface area (TPSA) is 78.9 Å². The predicted octanol–water partition coefficient (Wildman–Crippen LogP) is 15.3. The van der Waals surface area contributed by atoms with Crippen LogP contribution < -0.4 is 0 Å². The molecule has 0 N–H and O–H groups in total. The van der Waals surface area contributed by atoms with Crippen LogP contribution in [0.4, 0.5) is 0 Å².